The molecule has 6 heterocycles. The molecule has 6 rings (SSSR count). The Labute approximate surface area is 219 Å². The number of hydrogen-bond acceptors (Lipinski definition) is 5. The lowest BCUT2D eigenvalue weighted by Crippen LogP contribution is -2.43. The molecule has 5 aromatic rings. The topological polar surface area (TPSA) is 113 Å². The minimum Gasteiger partial charge on any atom is -0.346 e. The first-order valence-electron chi connectivity index (χ1n) is 12.2. The fraction of sp³-hybridized carbons (Fsp3) is 0.269. The van der Waals surface area contributed by atoms with Crippen molar-refractivity contribution in [2.45, 2.75) is 39.2 Å². The van der Waals surface area contributed by atoms with E-state index in [-0.39, 0.29) is 11.5 Å². The summed E-state index contributed by atoms with van der Waals surface area (Å²) in [4.78, 5) is 39.7. The summed E-state index contributed by atoms with van der Waals surface area (Å²) in [7, 11) is 0. The molecule has 10 nitrogen and oxygen atoms in total. The molecule has 0 saturated carbocycles. The highest BCUT2D eigenvalue weighted by Crippen LogP contribution is 2.30. The number of alkyl halides is 3. The number of halogens is 3. The Kier molecular flexibility index (Phi) is 5.66. The van der Waals surface area contributed by atoms with Crippen LogP contribution in [0.3, 0.4) is 0 Å². The van der Waals surface area contributed by atoms with E-state index in [2.05, 4.69) is 24.6 Å². The van der Waals surface area contributed by atoms with Gasteiger partial charge in [-0.05, 0) is 37.6 Å². The summed E-state index contributed by atoms with van der Waals surface area (Å²) in [6.45, 7) is 4.42. The Morgan fingerprint density at radius 3 is 2.79 bits per heavy atom. The van der Waals surface area contributed by atoms with Crippen LogP contribution in [-0.4, -0.2) is 64.6 Å². The molecule has 0 bridgehead atoms. The fourth-order valence-electron chi connectivity index (χ4n) is 4.79. The maximum atomic E-state index is 13.4. The summed E-state index contributed by atoms with van der Waals surface area (Å²) in [5.74, 6) is -0.202. The van der Waals surface area contributed by atoms with E-state index in [4.69, 9.17) is 0 Å². The number of pyridine rings is 2. The van der Waals surface area contributed by atoms with Gasteiger partial charge in [-0.3, -0.25) is 9.59 Å². The van der Waals surface area contributed by atoms with Gasteiger partial charge in [-0.1, -0.05) is 0 Å². The van der Waals surface area contributed by atoms with Crippen LogP contribution >= 0.6 is 0 Å². The minimum absolute atomic E-state index is 0.0143. The Hall–Kier alpha value is -4.68. The Bertz CT molecular complexity index is 1750. The molecule has 0 aromatic carbocycles. The highest BCUT2D eigenvalue weighted by Gasteiger charge is 2.37. The standard InChI is InChI=1S/C26H23F3N8O2/c1-14-12-35-5-6-36(13-22(35)33-14)25(39)17-7-18-19(10-31-23(18)30-9-17)16-3-4-37-21(8-16)20(11-32-37)24(38)34-15(2)26(27,28)29/h3-4,7-12,15H,5-6,13H2,1-2H3,(H,30,31)(H,34,38)/t15-/m1/s1. The molecule has 0 saturated heterocycles. The molecule has 0 unspecified atom stereocenters. The summed E-state index contributed by atoms with van der Waals surface area (Å²) >= 11 is 0. The average molecular weight is 537 g/mol. The van der Waals surface area contributed by atoms with E-state index in [1.54, 1.807) is 35.5 Å². The van der Waals surface area contributed by atoms with Crippen molar-refractivity contribution in [2.24, 2.45) is 0 Å². The third kappa shape index (κ3) is 4.39. The van der Waals surface area contributed by atoms with Gasteiger partial charge in [0.05, 0.1) is 35.1 Å². The third-order valence-electron chi connectivity index (χ3n) is 6.90. The number of aromatic nitrogens is 6. The Morgan fingerprint density at radius 2 is 2.00 bits per heavy atom. The molecule has 200 valence electrons. The van der Waals surface area contributed by atoms with E-state index in [9.17, 15) is 22.8 Å². The number of hydrogen-bond donors (Lipinski definition) is 2. The van der Waals surface area contributed by atoms with E-state index in [0.717, 1.165) is 24.0 Å². The number of carbonyl (C=O) groups excluding carboxylic acids is 2. The number of fused-ring (bicyclic) bond motifs is 3. The van der Waals surface area contributed by atoms with E-state index >= 15 is 0 Å². The van der Waals surface area contributed by atoms with Gasteiger partial charge < -0.3 is 19.8 Å². The number of aryl methyl sites for hydroxylation is 1. The lowest BCUT2D eigenvalue weighted by Gasteiger charge is -2.27. The molecular formula is C26H23F3N8O2. The van der Waals surface area contributed by atoms with E-state index in [0.29, 0.717) is 47.3 Å². The number of H-pyrrole nitrogens is 1. The monoisotopic (exact) mass is 536 g/mol. The van der Waals surface area contributed by atoms with Crippen molar-refractivity contribution in [3.63, 3.8) is 0 Å². The zero-order chi connectivity index (χ0) is 27.5. The molecule has 1 aliphatic heterocycles. The molecule has 1 atom stereocenters. The molecule has 2 N–H and O–H groups in total. The molecule has 2 amide bonds. The van der Waals surface area contributed by atoms with Gasteiger partial charge in [-0.15, -0.1) is 0 Å². The summed E-state index contributed by atoms with van der Waals surface area (Å²) < 4.78 is 42.4. The summed E-state index contributed by atoms with van der Waals surface area (Å²) in [6.07, 6.45) is 3.52. The molecule has 13 heteroatoms. The molecule has 0 fully saturated rings. The van der Waals surface area contributed by atoms with Gasteiger partial charge in [0.2, 0.25) is 0 Å². The predicted octanol–water partition coefficient (Wildman–Crippen LogP) is 3.72. The lowest BCUT2D eigenvalue weighted by molar-refractivity contribution is -0.149. The number of nitrogens with zero attached hydrogens (tertiary/aromatic N) is 6. The van der Waals surface area contributed by atoms with Crippen molar-refractivity contribution < 1.29 is 22.8 Å². The van der Waals surface area contributed by atoms with Gasteiger partial charge in [0.15, 0.2) is 0 Å². The van der Waals surface area contributed by atoms with Crippen LogP contribution in [0.5, 0.6) is 0 Å². The van der Waals surface area contributed by atoms with Gasteiger partial charge >= 0.3 is 6.18 Å². The largest absolute Gasteiger partial charge is 0.408 e. The van der Waals surface area contributed by atoms with Crippen molar-refractivity contribution in [1.82, 2.24) is 39.3 Å². The van der Waals surface area contributed by atoms with E-state index in [1.165, 1.54) is 16.9 Å². The summed E-state index contributed by atoms with van der Waals surface area (Å²) in [5.41, 5.74) is 3.65. The SMILES string of the molecule is Cc1cn2c(n1)CN(C(=O)c1cnc3[nH]cc(-c4ccn5ncc(C(=O)N[C@H](C)C(F)(F)F)c5c4)c3c1)CC2. The van der Waals surface area contributed by atoms with Crippen LogP contribution in [0.15, 0.2) is 49.2 Å². The molecule has 0 aliphatic carbocycles. The van der Waals surface area contributed by atoms with Crippen LogP contribution in [-0.2, 0) is 13.1 Å². The second-order valence-electron chi connectivity index (χ2n) is 9.58. The van der Waals surface area contributed by atoms with Crippen LogP contribution in [0.2, 0.25) is 0 Å². The second-order valence-corrected chi connectivity index (χ2v) is 9.58. The molecule has 1 aliphatic rings. The first-order chi connectivity index (χ1) is 18.6. The quantitative estimate of drug-likeness (QED) is 0.364. The van der Waals surface area contributed by atoms with Crippen molar-refractivity contribution >= 4 is 28.4 Å². The van der Waals surface area contributed by atoms with Gasteiger partial charge in [0.25, 0.3) is 11.8 Å². The van der Waals surface area contributed by atoms with Crippen LogP contribution in [0.1, 0.15) is 39.2 Å². The zero-order valence-corrected chi connectivity index (χ0v) is 21.0. The summed E-state index contributed by atoms with van der Waals surface area (Å²) in [5, 5.41) is 6.76. The Morgan fingerprint density at radius 1 is 1.18 bits per heavy atom. The maximum absolute atomic E-state index is 13.4. The number of nitrogens with one attached hydrogen (secondary N) is 2. The van der Waals surface area contributed by atoms with Crippen LogP contribution in [0.25, 0.3) is 27.7 Å². The first-order valence-corrected chi connectivity index (χ1v) is 12.2. The number of imidazole rings is 1. The lowest BCUT2D eigenvalue weighted by atomic mass is 10.0. The number of rotatable bonds is 4. The van der Waals surface area contributed by atoms with Crippen molar-refractivity contribution in [3.8, 4) is 11.1 Å². The number of aromatic amines is 1. The highest BCUT2D eigenvalue weighted by atomic mass is 19.4. The van der Waals surface area contributed by atoms with Gasteiger partial charge in [0, 0.05) is 48.8 Å². The fourth-order valence-corrected chi connectivity index (χ4v) is 4.79. The number of amides is 2. The molecular weight excluding hydrogens is 513 g/mol. The first kappa shape index (κ1) is 24.6. The van der Waals surface area contributed by atoms with E-state index < -0.39 is 18.1 Å². The number of carbonyl (C=O) groups is 2. The summed E-state index contributed by atoms with van der Waals surface area (Å²) in [6, 6.07) is 3.19. The van der Waals surface area contributed by atoms with Crippen LogP contribution in [0.4, 0.5) is 13.2 Å². The van der Waals surface area contributed by atoms with Gasteiger partial charge in [-0.2, -0.15) is 18.3 Å². The van der Waals surface area contributed by atoms with Crippen molar-refractivity contribution in [3.05, 3.63) is 71.8 Å². The predicted molar refractivity (Wildman–Crippen MR) is 135 cm³/mol. The average Bonchev–Trinajstić information content (AvgIpc) is 3.61. The third-order valence-corrected chi connectivity index (χ3v) is 6.90. The van der Waals surface area contributed by atoms with Crippen molar-refractivity contribution in [1.29, 1.82) is 0 Å². The normalized spacial score (nSPS) is 14.5. The maximum Gasteiger partial charge on any atom is 0.408 e. The molecule has 39 heavy (non-hydrogen) atoms. The smallest absolute Gasteiger partial charge is 0.346 e. The van der Waals surface area contributed by atoms with Crippen molar-refractivity contribution in [2.75, 3.05) is 6.54 Å². The molecule has 0 spiro atoms. The second kappa shape index (κ2) is 8.96. The van der Waals surface area contributed by atoms with Crippen LogP contribution < -0.4 is 5.32 Å². The van der Waals surface area contributed by atoms with Gasteiger partial charge in [0.1, 0.15) is 17.5 Å². The zero-order valence-electron chi connectivity index (χ0n) is 21.0. The van der Waals surface area contributed by atoms with Gasteiger partial charge in [-0.25, -0.2) is 14.5 Å². The molecule has 0 radical (unpaired) electrons. The Balaban J connectivity index is 1.32. The van der Waals surface area contributed by atoms with E-state index in [1.807, 2.05) is 18.4 Å². The highest BCUT2D eigenvalue weighted by molar-refractivity contribution is 6.03. The van der Waals surface area contributed by atoms with Crippen LogP contribution in [0, 0.1) is 6.92 Å². The molecule has 5 aromatic heterocycles. The minimum atomic E-state index is -4.57.